The van der Waals surface area contributed by atoms with E-state index in [9.17, 15) is 0 Å². The van der Waals surface area contributed by atoms with Crippen molar-refractivity contribution in [3.63, 3.8) is 0 Å². The highest BCUT2D eigenvalue weighted by Gasteiger charge is 2.65. The molecule has 0 heterocycles. The summed E-state index contributed by atoms with van der Waals surface area (Å²) in [5.74, 6) is 0.909. The third-order valence-corrected chi connectivity index (χ3v) is 6.41. The zero-order valence-electron chi connectivity index (χ0n) is 10.7. The normalized spacial score (nSPS) is 51.5. The van der Waals surface area contributed by atoms with Crippen LogP contribution in [-0.2, 0) is 0 Å². The Kier molecular flexibility index (Phi) is 1.67. The van der Waals surface area contributed by atoms with Crippen molar-refractivity contribution < 1.29 is 0 Å². The Morgan fingerprint density at radius 2 is 1.87 bits per heavy atom. The highest BCUT2D eigenvalue weighted by Crippen LogP contribution is 2.75. The highest BCUT2D eigenvalue weighted by atomic mass is 14.7. The monoisotopic (exact) mass is 204 g/mol. The minimum Gasteiger partial charge on any atom is -0.0847 e. The fourth-order valence-electron chi connectivity index (χ4n) is 5.23. The first-order valence-electron chi connectivity index (χ1n) is 6.62. The molecule has 3 unspecified atom stereocenters. The van der Waals surface area contributed by atoms with Gasteiger partial charge in [0, 0.05) is 0 Å². The SMILES string of the molecule is CC1C2(C)CCC13C(=CCCC3(C)C)C2. The molecular weight excluding hydrogens is 180 g/mol. The number of allylic oxidation sites excluding steroid dienone is 2. The van der Waals surface area contributed by atoms with E-state index in [1.165, 1.54) is 32.1 Å². The number of fused-ring (bicyclic) bond motifs is 1. The summed E-state index contributed by atoms with van der Waals surface area (Å²) in [6, 6.07) is 0. The average molecular weight is 204 g/mol. The predicted molar refractivity (Wildman–Crippen MR) is 64.7 cm³/mol. The molecule has 2 saturated carbocycles. The molecule has 3 atom stereocenters. The van der Waals surface area contributed by atoms with Gasteiger partial charge in [-0.3, -0.25) is 0 Å². The maximum Gasteiger partial charge on any atom is -0.000559 e. The van der Waals surface area contributed by atoms with Crippen molar-refractivity contribution in [3.05, 3.63) is 11.6 Å². The van der Waals surface area contributed by atoms with Gasteiger partial charge in [-0.05, 0) is 54.3 Å². The molecule has 0 aromatic rings. The summed E-state index contributed by atoms with van der Waals surface area (Å²) < 4.78 is 0. The first kappa shape index (κ1) is 9.93. The maximum atomic E-state index is 2.59. The van der Waals surface area contributed by atoms with E-state index in [2.05, 4.69) is 33.8 Å². The lowest BCUT2D eigenvalue weighted by Crippen LogP contribution is -2.41. The molecule has 0 radical (unpaired) electrons. The van der Waals surface area contributed by atoms with E-state index in [0.29, 0.717) is 16.2 Å². The van der Waals surface area contributed by atoms with Crippen LogP contribution in [0, 0.1) is 22.2 Å². The summed E-state index contributed by atoms with van der Waals surface area (Å²) in [6.07, 6.45) is 9.64. The second-order valence-corrected chi connectivity index (χ2v) is 7.18. The van der Waals surface area contributed by atoms with E-state index in [1.54, 1.807) is 0 Å². The van der Waals surface area contributed by atoms with E-state index in [-0.39, 0.29) is 0 Å². The smallest absolute Gasteiger partial charge is 0.000559 e. The number of hydrogen-bond donors (Lipinski definition) is 0. The van der Waals surface area contributed by atoms with Crippen LogP contribution in [-0.4, -0.2) is 0 Å². The Morgan fingerprint density at radius 3 is 2.47 bits per heavy atom. The van der Waals surface area contributed by atoms with Crippen LogP contribution >= 0.6 is 0 Å². The van der Waals surface area contributed by atoms with Gasteiger partial charge in [0.05, 0.1) is 0 Å². The third-order valence-electron chi connectivity index (χ3n) is 6.41. The predicted octanol–water partition coefficient (Wildman–Crippen LogP) is 4.56. The van der Waals surface area contributed by atoms with Gasteiger partial charge in [-0.15, -0.1) is 0 Å². The van der Waals surface area contributed by atoms with Crippen LogP contribution in [0.3, 0.4) is 0 Å². The molecule has 0 aromatic carbocycles. The first-order valence-corrected chi connectivity index (χ1v) is 6.62. The van der Waals surface area contributed by atoms with Crippen molar-refractivity contribution >= 4 is 0 Å². The Hall–Kier alpha value is -0.260. The van der Waals surface area contributed by atoms with Crippen LogP contribution in [0.25, 0.3) is 0 Å². The molecule has 15 heavy (non-hydrogen) atoms. The van der Waals surface area contributed by atoms with Gasteiger partial charge in [0.15, 0.2) is 0 Å². The topological polar surface area (TPSA) is 0 Å². The molecule has 1 spiro atoms. The molecule has 0 N–H and O–H groups in total. The minimum atomic E-state index is 0.546. The zero-order chi connectivity index (χ0) is 10.9. The Balaban J connectivity index is 2.18. The average Bonchev–Trinajstić information content (AvgIpc) is 2.51. The van der Waals surface area contributed by atoms with Crippen molar-refractivity contribution in [1.29, 1.82) is 0 Å². The van der Waals surface area contributed by atoms with E-state index < -0.39 is 0 Å². The minimum absolute atomic E-state index is 0.546. The molecule has 3 aliphatic carbocycles. The van der Waals surface area contributed by atoms with Gasteiger partial charge in [-0.1, -0.05) is 39.3 Å². The lowest BCUT2D eigenvalue weighted by molar-refractivity contribution is 0.0577. The zero-order valence-corrected chi connectivity index (χ0v) is 10.7. The molecule has 0 aromatic heterocycles. The van der Waals surface area contributed by atoms with E-state index >= 15 is 0 Å². The van der Waals surface area contributed by atoms with Crippen LogP contribution < -0.4 is 0 Å². The molecule has 3 aliphatic rings. The van der Waals surface area contributed by atoms with Gasteiger partial charge in [-0.25, -0.2) is 0 Å². The van der Waals surface area contributed by atoms with Gasteiger partial charge in [0.1, 0.15) is 0 Å². The molecule has 3 rings (SSSR count). The van der Waals surface area contributed by atoms with Crippen LogP contribution in [0.2, 0.25) is 0 Å². The second-order valence-electron chi connectivity index (χ2n) is 7.18. The van der Waals surface area contributed by atoms with Gasteiger partial charge < -0.3 is 0 Å². The molecule has 2 bridgehead atoms. The first-order chi connectivity index (χ1) is 6.92. The van der Waals surface area contributed by atoms with Crippen LogP contribution in [0.4, 0.5) is 0 Å². The van der Waals surface area contributed by atoms with E-state index in [1.807, 2.05) is 5.57 Å². The fraction of sp³-hybridized carbons (Fsp3) is 0.867. The van der Waals surface area contributed by atoms with Gasteiger partial charge in [0.2, 0.25) is 0 Å². The summed E-state index contributed by atoms with van der Waals surface area (Å²) in [5.41, 5.74) is 3.60. The van der Waals surface area contributed by atoms with E-state index in [4.69, 9.17) is 0 Å². The van der Waals surface area contributed by atoms with Gasteiger partial charge in [0.25, 0.3) is 0 Å². The largest absolute Gasteiger partial charge is 0.0847 e. The molecule has 84 valence electrons. The van der Waals surface area contributed by atoms with Crippen molar-refractivity contribution in [2.75, 3.05) is 0 Å². The number of hydrogen-bond acceptors (Lipinski definition) is 0. The molecular formula is C15H24. The highest BCUT2D eigenvalue weighted by molar-refractivity contribution is 5.34. The lowest BCUT2D eigenvalue weighted by atomic mass is 9.55. The van der Waals surface area contributed by atoms with Crippen molar-refractivity contribution in [2.45, 2.75) is 59.8 Å². The van der Waals surface area contributed by atoms with Gasteiger partial charge >= 0.3 is 0 Å². The summed E-state index contributed by atoms with van der Waals surface area (Å²) in [5, 5.41) is 0. The number of rotatable bonds is 0. The maximum absolute atomic E-state index is 2.59. The summed E-state index contributed by atoms with van der Waals surface area (Å²) >= 11 is 0. The third kappa shape index (κ3) is 0.905. The Morgan fingerprint density at radius 1 is 1.13 bits per heavy atom. The summed E-state index contributed by atoms with van der Waals surface area (Å²) in [4.78, 5) is 0. The van der Waals surface area contributed by atoms with Crippen LogP contribution in [0.15, 0.2) is 11.6 Å². The van der Waals surface area contributed by atoms with E-state index in [0.717, 1.165) is 5.92 Å². The second kappa shape index (κ2) is 2.52. The standard InChI is InChI=1S/C15H24/c1-11-14(4)8-9-15(11)12(10-14)6-5-7-13(15,2)3/h6,11H,5,7-10H2,1-4H3. The quantitative estimate of drug-likeness (QED) is 0.507. The molecule has 2 fully saturated rings. The van der Waals surface area contributed by atoms with Crippen molar-refractivity contribution in [2.24, 2.45) is 22.2 Å². The Bertz CT molecular complexity index is 336. The lowest BCUT2D eigenvalue weighted by Gasteiger charge is -2.50. The van der Waals surface area contributed by atoms with Crippen LogP contribution in [0.1, 0.15) is 59.8 Å². The summed E-state index contributed by atoms with van der Waals surface area (Å²) in [7, 11) is 0. The molecule has 0 saturated heterocycles. The van der Waals surface area contributed by atoms with Crippen molar-refractivity contribution in [3.8, 4) is 0 Å². The molecule has 0 heteroatoms. The molecule has 0 aliphatic heterocycles. The molecule has 0 amide bonds. The molecule has 0 nitrogen and oxygen atoms in total. The Labute approximate surface area is 94.1 Å². The van der Waals surface area contributed by atoms with Crippen molar-refractivity contribution in [1.82, 2.24) is 0 Å². The van der Waals surface area contributed by atoms with Crippen LogP contribution in [0.5, 0.6) is 0 Å². The van der Waals surface area contributed by atoms with Gasteiger partial charge in [-0.2, -0.15) is 0 Å². The fourth-order valence-corrected chi connectivity index (χ4v) is 5.23. The summed E-state index contributed by atoms with van der Waals surface area (Å²) in [6.45, 7) is 10.1.